The van der Waals surface area contributed by atoms with Gasteiger partial charge >= 0.3 is 42.6 Å². The van der Waals surface area contributed by atoms with Crippen molar-refractivity contribution in [2.75, 3.05) is 0 Å². The number of halogens is 1. The van der Waals surface area contributed by atoms with Crippen LogP contribution in [0.1, 0.15) is 0 Å². The Morgan fingerprint density at radius 1 is 2.00 bits per heavy atom. The Balaban J connectivity index is 2.19. The molecule has 0 unspecified atom stereocenters. The summed E-state index contributed by atoms with van der Waals surface area (Å²) in [6.45, 7) is 0. The topological polar surface area (TPSA) is 44.3 Å². The van der Waals surface area contributed by atoms with E-state index in [9.17, 15) is 0 Å². The van der Waals surface area contributed by atoms with Crippen LogP contribution < -0.4 is 26.5 Å². The summed E-state index contributed by atoms with van der Waals surface area (Å²) in [6, 6.07) is 0. The molecule has 0 aromatic rings. The average Bonchev–Trinajstić information content (AvgIpc) is 1.41. The van der Waals surface area contributed by atoms with Crippen LogP contribution in [0.25, 0.3) is 0 Å². The molecular formula is H4INO2Si-2. The number of hydrogen-bond donors (Lipinski definition) is 1. The Bertz CT molecular complexity index is 17.1. The van der Waals surface area contributed by atoms with Crippen molar-refractivity contribution in [3.8, 4) is 0 Å². The summed E-state index contributed by atoms with van der Waals surface area (Å²) in [6.07, 6.45) is 0. The Labute approximate surface area is 42.9 Å². The molecule has 0 heterocycles. The summed E-state index contributed by atoms with van der Waals surface area (Å²) in [5.41, 5.74) is 1.35. The van der Waals surface area contributed by atoms with Crippen LogP contribution in [-0.2, 0) is 3.17 Å². The molecule has 0 saturated carbocycles. The first-order chi connectivity index (χ1) is 2.41. The zero-order valence-corrected chi connectivity index (χ0v) is 6.85. The predicted molar refractivity (Wildman–Crippen MR) is 17.5 cm³/mol. The monoisotopic (exact) mass is 205 g/mol. The van der Waals surface area contributed by atoms with E-state index in [1.165, 1.54) is 5.64 Å². The van der Waals surface area contributed by atoms with Crippen LogP contribution in [0, 0.1) is 5.21 Å². The van der Waals surface area contributed by atoms with Gasteiger partial charge in [-0.2, -0.15) is 0 Å². The third-order valence-electron chi connectivity index (χ3n) is 0.109. The van der Waals surface area contributed by atoms with Crippen LogP contribution in [0.15, 0.2) is 0 Å². The Morgan fingerprint density at radius 3 is 2.60 bits per heavy atom. The van der Waals surface area contributed by atoms with Gasteiger partial charge in [-0.3, -0.25) is 0 Å². The van der Waals surface area contributed by atoms with E-state index in [0.717, 1.165) is 7.74 Å². The predicted octanol–water partition coefficient (Wildman–Crippen LogP) is -4.71. The summed E-state index contributed by atoms with van der Waals surface area (Å²) in [5.74, 6) is 0. The fraction of sp³-hybridized carbons (Fsp3) is 0. The third-order valence-corrected chi connectivity index (χ3v) is 1.76. The van der Waals surface area contributed by atoms with Gasteiger partial charge < -0.3 is 0 Å². The number of hydrogen-bond acceptors (Lipinski definition) is 3. The zero-order valence-electron chi connectivity index (χ0n) is 2.69. The molecule has 0 fully saturated rings. The maximum absolute atomic E-state index is 9.11. The van der Waals surface area contributed by atoms with Crippen molar-refractivity contribution in [2.24, 2.45) is 0 Å². The quantitative estimate of drug-likeness (QED) is 0.213. The summed E-state index contributed by atoms with van der Waals surface area (Å²) < 4.78 is 4.20. The van der Waals surface area contributed by atoms with Crippen molar-refractivity contribution in [3.63, 3.8) is 0 Å². The molecule has 3 nitrogen and oxygen atoms in total. The second-order valence-electron chi connectivity index (χ2n) is 0.315. The molecule has 0 aliphatic carbocycles. The van der Waals surface area contributed by atoms with E-state index in [1.54, 1.807) is 0 Å². The van der Waals surface area contributed by atoms with E-state index in [4.69, 9.17) is 5.21 Å². The van der Waals surface area contributed by atoms with Gasteiger partial charge in [-0.25, -0.2) is 0 Å². The summed E-state index contributed by atoms with van der Waals surface area (Å²) >= 11 is -0.177. The van der Waals surface area contributed by atoms with Crippen LogP contribution in [0.2, 0.25) is 0 Å². The van der Waals surface area contributed by atoms with Gasteiger partial charge in [-0.05, 0) is 0 Å². The van der Waals surface area contributed by atoms with E-state index in [1.807, 2.05) is 0 Å². The summed E-state index contributed by atoms with van der Waals surface area (Å²) in [4.78, 5) is 0. The molecule has 0 bridgehead atoms. The molecule has 5 heteroatoms. The van der Waals surface area contributed by atoms with Crippen molar-refractivity contribution in [3.05, 3.63) is 5.21 Å². The molecule has 0 aliphatic heterocycles. The number of nitrogens with one attached hydrogen (secondary N) is 1. The molecule has 0 radical (unpaired) electrons. The van der Waals surface area contributed by atoms with Crippen LogP contribution in [0.3, 0.4) is 0 Å². The molecule has 0 spiro atoms. The minimum absolute atomic E-state index is 0.177. The first-order valence-electron chi connectivity index (χ1n) is 0.941. The fourth-order valence-electron chi connectivity index (χ4n) is 0.0315. The van der Waals surface area contributed by atoms with Gasteiger partial charge in [-0.1, -0.05) is 0 Å². The normalized spacial score (nSPS) is 9.80. The fourth-order valence-corrected chi connectivity index (χ4v) is 0.634. The van der Waals surface area contributed by atoms with Gasteiger partial charge in [-0.15, -0.1) is 0 Å². The maximum atomic E-state index is 9.11. The minimum atomic E-state index is -0.177. The SMILES string of the molecule is [O-]NO[I-][SiH3]. The first kappa shape index (κ1) is 5.83. The average molecular weight is 205 g/mol. The van der Waals surface area contributed by atoms with Crippen molar-refractivity contribution in [2.45, 2.75) is 0 Å². The van der Waals surface area contributed by atoms with Crippen LogP contribution in [0.5, 0.6) is 0 Å². The Kier molecular flexibility index (Phi) is 5.63. The second kappa shape index (κ2) is 4.83. The van der Waals surface area contributed by atoms with Gasteiger partial charge in [0.15, 0.2) is 0 Å². The van der Waals surface area contributed by atoms with Gasteiger partial charge in [0, 0.05) is 0 Å². The molecule has 0 saturated heterocycles. The van der Waals surface area contributed by atoms with Crippen LogP contribution in [0.4, 0.5) is 0 Å². The second-order valence-corrected chi connectivity index (χ2v) is 3.71. The van der Waals surface area contributed by atoms with Crippen LogP contribution >= 0.6 is 0 Å². The number of rotatable bonds is 2. The van der Waals surface area contributed by atoms with Crippen molar-refractivity contribution in [1.82, 2.24) is 5.64 Å². The van der Waals surface area contributed by atoms with Crippen molar-refractivity contribution >= 4 is 7.74 Å². The Morgan fingerprint density at radius 2 is 2.60 bits per heavy atom. The van der Waals surface area contributed by atoms with E-state index in [-0.39, 0.29) is 20.8 Å². The molecule has 0 aromatic heterocycles. The van der Waals surface area contributed by atoms with Crippen molar-refractivity contribution in [1.29, 1.82) is 0 Å². The van der Waals surface area contributed by atoms with Crippen LogP contribution in [-0.4, -0.2) is 7.74 Å². The van der Waals surface area contributed by atoms with Gasteiger partial charge in [0.1, 0.15) is 0 Å². The van der Waals surface area contributed by atoms with E-state index in [0.29, 0.717) is 0 Å². The summed E-state index contributed by atoms with van der Waals surface area (Å²) in [7, 11) is 1.02. The summed E-state index contributed by atoms with van der Waals surface area (Å²) in [5, 5.41) is 9.11. The third kappa shape index (κ3) is 4.83. The Hall–Kier alpha value is 0.827. The standard InChI is InChI=1S/H4INO2Si/c3-2-4-1-5/h2H,5H3/q-2. The van der Waals surface area contributed by atoms with Gasteiger partial charge in [0.2, 0.25) is 0 Å². The van der Waals surface area contributed by atoms with E-state index >= 15 is 0 Å². The van der Waals surface area contributed by atoms with E-state index < -0.39 is 0 Å². The molecule has 0 aliphatic rings. The van der Waals surface area contributed by atoms with E-state index in [2.05, 4.69) is 3.17 Å². The molecule has 0 rings (SSSR count). The molecule has 1 N–H and O–H groups in total. The molecular weight excluding hydrogens is 201 g/mol. The van der Waals surface area contributed by atoms with Gasteiger partial charge in [0.25, 0.3) is 0 Å². The van der Waals surface area contributed by atoms with Gasteiger partial charge in [0.05, 0.1) is 0 Å². The first-order valence-corrected chi connectivity index (χ1v) is 9.05. The molecule has 0 amide bonds. The molecule has 0 aromatic carbocycles. The zero-order chi connectivity index (χ0) is 4.12. The molecule has 34 valence electrons. The van der Waals surface area contributed by atoms with Crippen molar-refractivity contribution < 1.29 is 24.0 Å². The molecule has 5 heavy (non-hydrogen) atoms. The molecule has 0 atom stereocenters.